The Bertz CT molecular complexity index is 473. The summed E-state index contributed by atoms with van der Waals surface area (Å²) in [5, 5.41) is 0. The van der Waals surface area contributed by atoms with Crippen molar-refractivity contribution in [2.45, 2.75) is 19.3 Å². The van der Waals surface area contributed by atoms with Gasteiger partial charge in [0.25, 0.3) is 0 Å². The van der Waals surface area contributed by atoms with Crippen molar-refractivity contribution >= 4 is 5.78 Å². The Balaban J connectivity index is 3.24. The maximum Gasteiger partial charge on any atom is 0.407 e. The van der Waals surface area contributed by atoms with E-state index in [4.69, 9.17) is 0 Å². The molecule has 1 rings (SSSR count). The van der Waals surface area contributed by atoms with E-state index in [0.717, 1.165) is 12.1 Å². The molecular weight excluding hydrogens is 281 g/mol. The first-order valence-electron chi connectivity index (χ1n) is 4.88. The predicted octanol–water partition coefficient (Wildman–Crippen LogP) is 4.06. The Hall–Kier alpha value is -1.60. The van der Waals surface area contributed by atoms with E-state index in [9.17, 15) is 35.5 Å². The van der Waals surface area contributed by atoms with E-state index in [-0.39, 0.29) is 5.56 Å². The lowest BCUT2D eigenvalue weighted by Gasteiger charge is -2.21. The van der Waals surface area contributed by atoms with Crippen molar-refractivity contribution in [2.24, 2.45) is 5.92 Å². The number of carbonyl (C=O) groups excluding carboxylic acids is 1. The van der Waals surface area contributed by atoms with Gasteiger partial charge < -0.3 is 0 Å². The standard InChI is InChI=1S/C11H7F7O/c1-5-2-3-6(4-7(5)12)8(19)9(10(13,14)15)11(16,17)18/h2-4,9H,1H3. The van der Waals surface area contributed by atoms with E-state index >= 15 is 0 Å². The van der Waals surface area contributed by atoms with Crippen LogP contribution in [0.1, 0.15) is 15.9 Å². The molecule has 0 aromatic heterocycles. The first-order valence-corrected chi connectivity index (χ1v) is 4.88. The van der Waals surface area contributed by atoms with E-state index in [1.54, 1.807) is 0 Å². The number of carbonyl (C=O) groups is 1. The zero-order chi connectivity index (χ0) is 15.0. The lowest BCUT2D eigenvalue weighted by atomic mass is 9.95. The Morgan fingerprint density at radius 1 is 1.05 bits per heavy atom. The normalized spacial score (nSPS) is 12.9. The lowest BCUT2D eigenvalue weighted by molar-refractivity contribution is -0.264. The van der Waals surface area contributed by atoms with Crippen LogP contribution in [0.15, 0.2) is 18.2 Å². The molecule has 19 heavy (non-hydrogen) atoms. The van der Waals surface area contributed by atoms with Crippen molar-refractivity contribution < 1.29 is 35.5 Å². The molecule has 0 spiro atoms. The predicted molar refractivity (Wildman–Crippen MR) is 51.1 cm³/mol. The third-order valence-corrected chi connectivity index (χ3v) is 2.37. The molecule has 1 aromatic carbocycles. The van der Waals surface area contributed by atoms with Crippen LogP contribution >= 0.6 is 0 Å². The highest BCUT2D eigenvalue weighted by Crippen LogP contribution is 2.41. The van der Waals surface area contributed by atoms with Gasteiger partial charge in [0.1, 0.15) is 5.82 Å². The maximum absolute atomic E-state index is 13.1. The molecule has 0 atom stereocenters. The molecule has 0 amide bonds. The van der Waals surface area contributed by atoms with Crippen LogP contribution in [0.2, 0.25) is 0 Å². The molecule has 1 nitrogen and oxygen atoms in total. The van der Waals surface area contributed by atoms with Gasteiger partial charge in [0.15, 0.2) is 5.78 Å². The Morgan fingerprint density at radius 3 is 1.89 bits per heavy atom. The third kappa shape index (κ3) is 3.45. The number of rotatable bonds is 2. The summed E-state index contributed by atoms with van der Waals surface area (Å²) in [4.78, 5) is 11.3. The van der Waals surface area contributed by atoms with E-state index < -0.39 is 35.4 Å². The van der Waals surface area contributed by atoms with Gasteiger partial charge in [-0.2, -0.15) is 26.3 Å². The molecule has 0 heterocycles. The fraction of sp³-hybridized carbons (Fsp3) is 0.364. The number of benzene rings is 1. The highest BCUT2D eigenvalue weighted by atomic mass is 19.4. The van der Waals surface area contributed by atoms with Gasteiger partial charge in [-0.3, -0.25) is 4.79 Å². The van der Waals surface area contributed by atoms with Crippen LogP contribution in [0.3, 0.4) is 0 Å². The monoisotopic (exact) mass is 288 g/mol. The van der Waals surface area contributed by atoms with Crippen molar-refractivity contribution in [3.8, 4) is 0 Å². The van der Waals surface area contributed by atoms with Gasteiger partial charge in [0, 0.05) is 5.56 Å². The van der Waals surface area contributed by atoms with Gasteiger partial charge >= 0.3 is 12.4 Å². The summed E-state index contributed by atoms with van der Waals surface area (Å²) in [5.41, 5.74) is -0.963. The first-order chi connectivity index (χ1) is 8.44. The fourth-order valence-electron chi connectivity index (χ4n) is 1.40. The number of ketones is 1. The minimum absolute atomic E-state index is 0.00659. The molecular formula is C11H7F7O. The second-order valence-corrected chi connectivity index (χ2v) is 3.84. The molecule has 8 heteroatoms. The molecule has 0 bridgehead atoms. The molecule has 0 aliphatic rings. The Morgan fingerprint density at radius 2 is 1.53 bits per heavy atom. The smallest absolute Gasteiger partial charge is 0.293 e. The topological polar surface area (TPSA) is 17.1 Å². The zero-order valence-corrected chi connectivity index (χ0v) is 9.36. The van der Waals surface area contributed by atoms with E-state index in [2.05, 4.69) is 0 Å². The molecule has 0 aliphatic carbocycles. The number of aryl methyl sites for hydroxylation is 1. The summed E-state index contributed by atoms with van der Waals surface area (Å²) >= 11 is 0. The van der Waals surface area contributed by atoms with Gasteiger partial charge in [-0.1, -0.05) is 12.1 Å². The summed E-state index contributed by atoms with van der Waals surface area (Å²) in [6.45, 7) is 1.26. The van der Waals surface area contributed by atoms with Crippen LogP contribution < -0.4 is 0 Å². The van der Waals surface area contributed by atoms with Crippen molar-refractivity contribution in [1.29, 1.82) is 0 Å². The van der Waals surface area contributed by atoms with Crippen molar-refractivity contribution in [3.63, 3.8) is 0 Å². The number of alkyl halides is 6. The quantitative estimate of drug-likeness (QED) is 0.592. The second kappa shape index (κ2) is 4.82. The number of halogens is 7. The maximum atomic E-state index is 13.1. The summed E-state index contributed by atoms with van der Waals surface area (Å²) in [7, 11) is 0. The molecule has 0 N–H and O–H groups in total. The first kappa shape index (κ1) is 15.5. The summed E-state index contributed by atoms with van der Waals surface area (Å²) in [6.07, 6.45) is -11.6. The largest absolute Gasteiger partial charge is 0.407 e. The van der Waals surface area contributed by atoms with Crippen LogP contribution in [0.4, 0.5) is 30.7 Å². The second-order valence-electron chi connectivity index (χ2n) is 3.84. The number of hydrogen-bond donors (Lipinski definition) is 0. The van der Waals surface area contributed by atoms with Crippen LogP contribution in [0.5, 0.6) is 0 Å². The summed E-state index contributed by atoms with van der Waals surface area (Å²) in [6, 6.07) is 2.03. The van der Waals surface area contributed by atoms with Crippen LogP contribution in [0.25, 0.3) is 0 Å². The molecule has 0 saturated heterocycles. The molecule has 106 valence electrons. The zero-order valence-electron chi connectivity index (χ0n) is 9.36. The van der Waals surface area contributed by atoms with E-state index in [1.807, 2.05) is 0 Å². The molecule has 0 unspecified atom stereocenters. The van der Waals surface area contributed by atoms with Crippen LogP contribution in [-0.2, 0) is 0 Å². The van der Waals surface area contributed by atoms with Gasteiger partial charge in [0.2, 0.25) is 5.92 Å². The highest BCUT2D eigenvalue weighted by Gasteiger charge is 2.60. The van der Waals surface area contributed by atoms with Crippen molar-refractivity contribution in [2.75, 3.05) is 0 Å². The third-order valence-electron chi connectivity index (χ3n) is 2.37. The van der Waals surface area contributed by atoms with Crippen LogP contribution in [0, 0.1) is 18.7 Å². The van der Waals surface area contributed by atoms with E-state index in [0.29, 0.717) is 6.07 Å². The van der Waals surface area contributed by atoms with Crippen molar-refractivity contribution in [1.82, 2.24) is 0 Å². The summed E-state index contributed by atoms with van der Waals surface area (Å²) < 4.78 is 86.9. The minimum atomic E-state index is -5.78. The van der Waals surface area contributed by atoms with Gasteiger partial charge in [-0.05, 0) is 18.6 Å². The summed E-state index contributed by atoms with van der Waals surface area (Å²) in [5.74, 6) is -7.42. The molecule has 0 saturated carbocycles. The van der Waals surface area contributed by atoms with Gasteiger partial charge in [-0.15, -0.1) is 0 Å². The molecule has 0 aliphatic heterocycles. The molecule has 0 radical (unpaired) electrons. The SMILES string of the molecule is Cc1ccc(C(=O)C(C(F)(F)F)C(F)(F)F)cc1F. The Kier molecular flexibility index (Phi) is 3.92. The number of hydrogen-bond acceptors (Lipinski definition) is 1. The van der Waals surface area contributed by atoms with Crippen molar-refractivity contribution in [3.05, 3.63) is 35.1 Å². The highest BCUT2D eigenvalue weighted by molar-refractivity contribution is 5.98. The van der Waals surface area contributed by atoms with Gasteiger partial charge in [0.05, 0.1) is 0 Å². The van der Waals surface area contributed by atoms with Gasteiger partial charge in [-0.25, -0.2) is 4.39 Å². The molecule has 0 fully saturated rings. The Labute approximate surface area is 103 Å². The lowest BCUT2D eigenvalue weighted by Crippen LogP contribution is -2.42. The fourth-order valence-corrected chi connectivity index (χ4v) is 1.40. The average molecular weight is 288 g/mol. The van der Waals surface area contributed by atoms with E-state index in [1.165, 1.54) is 6.92 Å². The molecule has 1 aromatic rings. The van der Waals surface area contributed by atoms with Crippen LogP contribution in [-0.4, -0.2) is 18.1 Å². The average Bonchev–Trinajstić information content (AvgIpc) is 2.17. The minimum Gasteiger partial charge on any atom is -0.293 e. The number of Topliss-reactive ketones (excluding diaryl/α,β-unsaturated/α-hetero) is 1.